The van der Waals surface area contributed by atoms with Crippen molar-refractivity contribution in [2.75, 3.05) is 25.5 Å². The van der Waals surface area contributed by atoms with Crippen LogP contribution in [0.2, 0.25) is 4.34 Å². The van der Waals surface area contributed by atoms with Gasteiger partial charge in [-0.2, -0.15) is 0 Å². The Morgan fingerprint density at radius 1 is 1.33 bits per heavy atom. The van der Waals surface area contributed by atoms with Gasteiger partial charge in [-0.3, -0.25) is 14.4 Å². The highest BCUT2D eigenvalue weighted by Gasteiger charge is 2.20. The van der Waals surface area contributed by atoms with Crippen LogP contribution in [0.25, 0.3) is 0 Å². The molecule has 3 N–H and O–H groups in total. The van der Waals surface area contributed by atoms with Crippen molar-refractivity contribution in [2.45, 2.75) is 19.8 Å². The van der Waals surface area contributed by atoms with Gasteiger partial charge in [0.1, 0.15) is 0 Å². The number of amides is 2. The fraction of sp³-hybridized carbons (Fsp3) is 0.316. The molecule has 0 aliphatic rings. The van der Waals surface area contributed by atoms with Crippen molar-refractivity contribution in [2.24, 2.45) is 5.73 Å². The van der Waals surface area contributed by atoms with Gasteiger partial charge in [0, 0.05) is 13.6 Å². The number of unbranched alkanes of at least 4 members (excludes halogenated alkanes) is 1. The van der Waals surface area contributed by atoms with Crippen LogP contribution in [0.1, 0.15) is 48.8 Å². The predicted octanol–water partition coefficient (Wildman–Crippen LogP) is 3.59. The number of rotatable bonds is 8. The van der Waals surface area contributed by atoms with Crippen LogP contribution < -0.4 is 11.1 Å². The smallest absolute Gasteiger partial charge is 0.266 e. The number of hydrogen-bond donors (Lipinski definition) is 2. The van der Waals surface area contributed by atoms with E-state index < -0.39 is 0 Å². The first kappa shape index (κ1) is 21.1. The standard InChI is InChI=1S/C19H22ClN3O3S/c1-12-10-16(20)27-17(12)18(25)22-15-7-5-6-13(14(15)11-24)19(26)23(2)9-4-3-8-21/h5-7,10-11H,3-4,8-9,21H2,1-2H3,(H,22,25). The summed E-state index contributed by atoms with van der Waals surface area (Å²) in [5, 5.41) is 2.71. The molecule has 2 amide bonds. The van der Waals surface area contributed by atoms with Gasteiger partial charge in [-0.1, -0.05) is 17.7 Å². The Hall–Kier alpha value is -2.22. The lowest BCUT2D eigenvalue weighted by atomic mass is 10.0. The van der Waals surface area contributed by atoms with Gasteiger partial charge < -0.3 is 16.0 Å². The summed E-state index contributed by atoms with van der Waals surface area (Å²) in [6.07, 6.45) is 2.19. The Balaban J connectivity index is 2.25. The molecule has 0 unspecified atom stereocenters. The van der Waals surface area contributed by atoms with Crippen molar-refractivity contribution >= 4 is 46.7 Å². The predicted molar refractivity (Wildman–Crippen MR) is 109 cm³/mol. The Morgan fingerprint density at radius 3 is 2.67 bits per heavy atom. The zero-order valence-electron chi connectivity index (χ0n) is 15.3. The maximum Gasteiger partial charge on any atom is 0.266 e. The second-order valence-corrected chi connectivity index (χ2v) is 7.81. The average molecular weight is 408 g/mol. The van der Waals surface area contributed by atoms with Gasteiger partial charge in [-0.05, 0) is 50.1 Å². The Morgan fingerprint density at radius 2 is 2.07 bits per heavy atom. The molecular formula is C19H22ClN3O3S. The number of nitrogens with one attached hydrogen (secondary N) is 1. The maximum atomic E-state index is 12.7. The van der Waals surface area contributed by atoms with E-state index in [4.69, 9.17) is 17.3 Å². The van der Waals surface area contributed by atoms with Gasteiger partial charge in [0.25, 0.3) is 11.8 Å². The number of thiophene rings is 1. The summed E-state index contributed by atoms with van der Waals surface area (Å²) in [6.45, 7) is 2.89. The van der Waals surface area contributed by atoms with Crippen LogP contribution in [0, 0.1) is 6.92 Å². The first-order valence-electron chi connectivity index (χ1n) is 8.50. The molecule has 1 heterocycles. The Labute approximate surface area is 167 Å². The lowest BCUT2D eigenvalue weighted by Crippen LogP contribution is -2.29. The van der Waals surface area contributed by atoms with Crippen LogP contribution in [0.15, 0.2) is 24.3 Å². The van der Waals surface area contributed by atoms with E-state index in [9.17, 15) is 14.4 Å². The number of carbonyl (C=O) groups is 3. The highest BCUT2D eigenvalue weighted by Crippen LogP contribution is 2.28. The minimum Gasteiger partial charge on any atom is -0.342 e. The molecule has 8 heteroatoms. The van der Waals surface area contributed by atoms with E-state index in [1.54, 1.807) is 43.1 Å². The van der Waals surface area contributed by atoms with E-state index in [1.807, 2.05) is 0 Å². The number of benzene rings is 1. The fourth-order valence-electron chi connectivity index (χ4n) is 2.64. The van der Waals surface area contributed by atoms with Crippen molar-refractivity contribution in [3.8, 4) is 0 Å². The molecule has 0 spiro atoms. The van der Waals surface area contributed by atoms with Gasteiger partial charge in [0.15, 0.2) is 6.29 Å². The van der Waals surface area contributed by atoms with Gasteiger partial charge in [-0.15, -0.1) is 11.3 Å². The van der Waals surface area contributed by atoms with Crippen molar-refractivity contribution in [3.63, 3.8) is 0 Å². The number of carbonyl (C=O) groups excluding carboxylic acids is 3. The van der Waals surface area contributed by atoms with Crippen molar-refractivity contribution in [3.05, 3.63) is 50.2 Å². The number of aldehydes is 1. The molecule has 0 fully saturated rings. The minimum absolute atomic E-state index is 0.154. The van der Waals surface area contributed by atoms with E-state index in [0.29, 0.717) is 34.3 Å². The van der Waals surface area contributed by atoms with E-state index in [1.165, 1.54) is 0 Å². The molecule has 0 bridgehead atoms. The molecule has 0 radical (unpaired) electrons. The largest absolute Gasteiger partial charge is 0.342 e. The molecule has 0 saturated carbocycles. The van der Waals surface area contributed by atoms with Crippen LogP contribution >= 0.6 is 22.9 Å². The first-order valence-corrected chi connectivity index (χ1v) is 9.69. The summed E-state index contributed by atoms with van der Waals surface area (Å²) < 4.78 is 0.510. The van der Waals surface area contributed by atoms with Crippen LogP contribution in [0.3, 0.4) is 0 Å². The highest BCUT2D eigenvalue weighted by atomic mass is 35.5. The van der Waals surface area contributed by atoms with Crippen molar-refractivity contribution in [1.82, 2.24) is 4.90 Å². The number of aryl methyl sites for hydroxylation is 1. The number of nitrogens with zero attached hydrogens (tertiary/aromatic N) is 1. The minimum atomic E-state index is -0.367. The molecule has 1 aromatic carbocycles. The molecule has 0 atom stereocenters. The number of halogens is 1. The van der Waals surface area contributed by atoms with Crippen molar-refractivity contribution < 1.29 is 14.4 Å². The monoisotopic (exact) mass is 407 g/mol. The molecule has 2 rings (SSSR count). The van der Waals surface area contributed by atoms with Gasteiger partial charge in [-0.25, -0.2) is 0 Å². The maximum absolute atomic E-state index is 12.7. The lowest BCUT2D eigenvalue weighted by molar-refractivity contribution is 0.0789. The SMILES string of the molecule is Cc1cc(Cl)sc1C(=O)Nc1cccc(C(=O)N(C)CCCCN)c1C=O. The Kier molecular flexibility index (Phi) is 7.53. The molecule has 1 aromatic heterocycles. The van der Waals surface area contributed by atoms with Gasteiger partial charge >= 0.3 is 0 Å². The van der Waals surface area contributed by atoms with Crippen LogP contribution in [0.5, 0.6) is 0 Å². The molecule has 2 aromatic rings. The van der Waals surface area contributed by atoms with Gasteiger partial charge in [0.05, 0.1) is 26.0 Å². The third-order valence-corrected chi connectivity index (χ3v) is 5.46. The zero-order chi connectivity index (χ0) is 20.0. The summed E-state index contributed by atoms with van der Waals surface area (Å²) in [4.78, 5) is 38.9. The summed E-state index contributed by atoms with van der Waals surface area (Å²) >= 11 is 7.11. The third kappa shape index (κ3) is 5.15. The average Bonchev–Trinajstić information content (AvgIpc) is 2.99. The summed E-state index contributed by atoms with van der Waals surface area (Å²) in [7, 11) is 1.68. The molecule has 6 nitrogen and oxygen atoms in total. The van der Waals surface area contributed by atoms with Crippen LogP contribution in [-0.2, 0) is 0 Å². The quantitative estimate of drug-likeness (QED) is 0.516. The molecule has 144 valence electrons. The lowest BCUT2D eigenvalue weighted by Gasteiger charge is -2.19. The molecule has 0 aliphatic carbocycles. The summed E-state index contributed by atoms with van der Waals surface area (Å²) in [5.74, 6) is -0.644. The number of anilines is 1. The van der Waals surface area contributed by atoms with Gasteiger partial charge in [0.2, 0.25) is 0 Å². The van der Waals surface area contributed by atoms with E-state index in [2.05, 4.69) is 5.32 Å². The molecule has 27 heavy (non-hydrogen) atoms. The number of hydrogen-bond acceptors (Lipinski definition) is 5. The summed E-state index contributed by atoms with van der Waals surface area (Å²) in [5.41, 5.74) is 6.92. The third-order valence-electron chi connectivity index (χ3n) is 4.09. The summed E-state index contributed by atoms with van der Waals surface area (Å²) in [6, 6.07) is 6.52. The Bertz CT molecular complexity index is 851. The van der Waals surface area contributed by atoms with Crippen LogP contribution in [-0.4, -0.2) is 43.1 Å². The zero-order valence-corrected chi connectivity index (χ0v) is 16.8. The van der Waals surface area contributed by atoms with E-state index >= 15 is 0 Å². The van der Waals surface area contributed by atoms with Crippen molar-refractivity contribution in [1.29, 1.82) is 0 Å². The topological polar surface area (TPSA) is 92.5 Å². The van der Waals surface area contributed by atoms with E-state index in [-0.39, 0.29) is 22.9 Å². The second kappa shape index (κ2) is 9.64. The molecular weight excluding hydrogens is 386 g/mol. The fourth-order valence-corrected chi connectivity index (χ4v) is 3.83. The molecule has 0 aliphatic heterocycles. The number of nitrogens with two attached hydrogens (primary N) is 1. The first-order chi connectivity index (χ1) is 12.9. The second-order valence-electron chi connectivity index (χ2n) is 6.12. The normalized spacial score (nSPS) is 10.5. The van der Waals surface area contributed by atoms with E-state index in [0.717, 1.165) is 29.7 Å². The van der Waals surface area contributed by atoms with Crippen LogP contribution in [0.4, 0.5) is 5.69 Å². The molecule has 0 saturated heterocycles. The highest BCUT2D eigenvalue weighted by molar-refractivity contribution is 7.18.